The van der Waals surface area contributed by atoms with Crippen molar-refractivity contribution in [2.45, 2.75) is 32.2 Å². The number of hydrogen-bond donors (Lipinski definition) is 1. The van der Waals surface area contributed by atoms with Crippen molar-refractivity contribution in [3.63, 3.8) is 0 Å². The van der Waals surface area contributed by atoms with Gasteiger partial charge in [-0.2, -0.15) is 0 Å². The van der Waals surface area contributed by atoms with Crippen molar-refractivity contribution in [1.82, 2.24) is 10.2 Å². The second kappa shape index (κ2) is 3.05. The van der Waals surface area contributed by atoms with Crippen molar-refractivity contribution in [2.75, 3.05) is 13.2 Å². The molecule has 1 amide bonds. The minimum atomic E-state index is 0.286. The highest BCUT2D eigenvalue weighted by molar-refractivity contribution is 5.80. The van der Waals surface area contributed by atoms with Crippen LogP contribution in [0.2, 0.25) is 0 Å². The van der Waals surface area contributed by atoms with E-state index in [1.165, 1.54) is 19.3 Å². The lowest BCUT2D eigenvalue weighted by Crippen LogP contribution is -2.38. The van der Waals surface area contributed by atoms with Gasteiger partial charge in [-0.25, -0.2) is 0 Å². The molecule has 2 rings (SSSR count). The maximum absolute atomic E-state index is 11.4. The molecule has 1 aliphatic heterocycles. The molecule has 1 saturated heterocycles. The zero-order valence-electron chi connectivity index (χ0n) is 7.55. The summed E-state index contributed by atoms with van der Waals surface area (Å²) in [5.41, 5.74) is 0. The topological polar surface area (TPSA) is 32.3 Å². The molecule has 2 atom stereocenters. The van der Waals surface area contributed by atoms with Crippen molar-refractivity contribution in [3.8, 4) is 0 Å². The van der Waals surface area contributed by atoms with E-state index in [2.05, 4.69) is 12.2 Å². The second-order valence-electron chi connectivity index (χ2n) is 3.92. The molecule has 1 heterocycles. The van der Waals surface area contributed by atoms with Gasteiger partial charge in [0.2, 0.25) is 5.91 Å². The number of amides is 1. The summed E-state index contributed by atoms with van der Waals surface area (Å²) < 4.78 is 0. The zero-order valence-corrected chi connectivity index (χ0v) is 7.55. The van der Waals surface area contributed by atoms with Crippen LogP contribution in [0.15, 0.2) is 0 Å². The molecule has 3 heteroatoms. The molecule has 2 aliphatic rings. The van der Waals surface area contributed by atoms with Crippen LogP contribution in [0.25, 0.3) is 0 Å². The van der Waals surface area contributed by atoms with Gasteiger partial charge in [-0.05, 0) is 18.8 Å². The fourth-order valence-corrected chi connectivity index (χ4v) is 2.36. The minimum absolute atomic E-state index is 0.286. The van der Waals surface area contributed by atoms with E-state index in [1.54, 1.807) is 0 Å². The average molecular weight is 168 g/mol. The lowest BCUT2D eigenvalue weighted by Gasteiger charge is -2.26. The van der Waals surface area contributed by atoms with Crippen LogP contribution in [0.4, 0.5) is 0 Å². The van der Waals surface area contributed by atoms with Crippen LogP contribution in [0.5, 0.6) is 0 Å². The molecule has 0 spiro atoms. The van der Waals surface area contributed by atoms with Gasteiger partial charge in [-0.15, -0.1) is 0 Å². The van der Waals surface area contributed by atoms with Crippen molar-refractivity contribution in [1.29, 1.82) is 0 Å². The van der Waals surface area contributed by atoms with Gasteiger partial charge in [-0.1, -0.05) is 13.3 Å². The Bertz CT molecular complexity index is 193. The first kappa shape index (κ1) is 8.05. The Labute approximate surface area is 73.1 Å². The number of carbonyl (C=O) groups is 1. The summed E-state index contributed by atoms with van der Waals surface area (Å²) in [6.45, 7) is 3.57. The zero-order chi connectivity index (χ0) is 8.55. The molecule has 68 valence electrons. The van der Waals surface area contributed by atoms with Crippen LogP contribution in [-0.2, 0) is 4.79 Å². The first-order valence-electron chi connectivity index (χ1n) is 4.79. The smallest absolute Gasteiger partial charge is 0.237 e. The van der Waals surface area contributed by atoms with E-state index in [-0.39, 0.29) is 5.91 Å². The van der Waals surface area contributed by atoms with Gasteiger partial charge in [0, 0.05) is 6.04 Å². The third kappa shape index (κ3) is 1.22. The second-order valence-corrected chi connectivity index (χ2v) is 3.92. The van der Waals surface area contributed by atoms with Crippen molar-refractivity contribution < 1.29 is 4.79 Å². The molecule has 0 radical (unpaired) electrons. The minimum Gasteiger partial charge on any atom is -0.326 e. The van der Waals surface area contributed by atoms with Crippen molar-refractivity contribution in [2.24, 2.45) is 5.92 Å². The number of nitrogens with zero attached hydrogens (tertiary/aromatic N) is 1. The Hall–Kier alpha value is -0.570. The molecular formula is C9H16N2O. The molecular weight excluding hydrogens is 152 g/mol. The molecule has 0 aromatic rings. The van der Waals surface area contributed by atoms with Crippen molar-refractivity contribution in [3.05, 3.63) is 0 Å². The molecule has 0 aromatic carbocycles. The van der Waals surface area contributed by atoms with Crippen LogP contribution in [0, 0.1) is 5.92 Å². The SMILES string of the molecule is CC1CCCC1N1CNCC1=O. The lowest BCUT2D eigenvalue weighted by atomic mass is 10.1. The summed E-state index contributed by atoms with van der Waals surface area (Å²) in [5.74, 6) is 0.989. The first-order chi connectivity index (χ1) is 5.79. The quantitative estimate of drug-likeness (QED) is 0.620. The maximum Gasteiger partial charge on any atom is 0.237 e. The van der Waals surface area contributed by atoms with Gasteiger partial charge in [0.25, 0.3) is 0 Å². The number of hydrogen-bond acceptors (Lipinski definition) is 2. The third-order valence-electron chi connectivity index (χ3n) is 3.10. The van der Waals surface area contributed by atoms with E-state index in [0.29, 0.717) is 18.5 Å². The number of carbonyl (C=O) groups excluding carboxylic acids is 1. The Morgan fingerprint density at radius 1 is 1.50 bits per heavy atom. The van der Waals surface area contributed by atoms with E-state index >= 15 is 0 Å². The molecule has 1 saturated carbocycles. The Morgan fingerprint density at radius 2 is 2.33 bits per heavy atom. The highest BCUT2D eigenvalue weighted by Gasteiger charge is 2.33. The molecule has 12 heavy (non-hydrogen) atoms. The Balaban J connectivity index is 2.03. The maximum atomic E-state index is 11.4. The first-order valence-corrected chi connectivity index (χ1v) is 4.79. The summed E-state index contributed by atoms with van der Waals surface area (Å²) in [6.07, 6.45) is 3.78. The molecule has 2 fully saturated rings. The molecule has 0 aromatic heterocycles. The van der Waals surface area contributed by atoms with E-state index in [1.807, 2.05) is 4.90 Å². The third-order valence-corrected chi connectivity index (χ3v) is 3.10. The van der Waals surface area contributed by atoms with Crippen LogP contribution < -0.4 is 5.32 Å². The summed E-state index contributed by atoms with van der Waals surface area (Å²) in [5, 5.41) is 3.10. The van der Waals surface area contributed by atoms with Gasteiger partial charge in [0.05, 0.1) is 13.2 Å². The molecule has 1 aliphatic carbocycles. The van der Waals surface area contributed by atoms with Crippen LogP contribution in [0.1, 0.15) is 26.2 Å². The van der Waals surface area contributed by atoms with E-state index in [9.17, 15) is 4.79 Å². The monoisotopic (exact) mass is 168 g/mol. The Morgan fingerprint density at radius 3 is 2.83 bits per heavy atom. The van der Waals surface area contributed by atoms with Gasteiger partial charge in [0.15, 0.2) is 0 Å². The standard InChI is InChI=1S/C9H16N2O/c1-7-3-2-4-8(7)11-6-10-5-9(11)12/h7-8,10H,2-6H2,1H3. The largest absolute Gasteiger partial charge is 0.326 e. The summed E-state index contributed by atoms with van der Waals surface area (Å²) in [7, 11) is 0. The van der Waals surface area contributed by atoms with E-state index in [4.69, 9.17) is 0 Å². The predicted molar refractivity (Wildman–Crippen MR) is 46.5 cm³/mol. The predicted octanol–water partition coefficient (Wildman–Crippen LogP) is 0.564. The van der Waals surface area contributed by atoms with E-state index in [0.717, 1.165) is 6.67 Å². The summed E-state index contributed by atoms with van der Waals surface area (Å²) >= 11 is 0. The number of nitrogens with one attached hydrogen (secondary N) is 1. The Kier molecular flexibility index (Phi) is 2.05. The van der Waals surface area contributed by atoms with Gasteiger partial charge < -0.3 is 4.90 Å². The van der Waals surface area contributed by atoms with Gasteiger partial charge in [-0.3, -0.25) is 10.1 Å². The molecule has 0 bridgehead atoms. The summed E-state index contributed by atoms with van der Waals surface area (Å²) in [4.78, 5) is 13.4. The van der Waals surface area contributed by atoms with E-state index < -0.39 is 0 Å². The molecule has 2 unspecified atom stereocenters. The highest BCUT2D eigenvalue weighted by atomic mass is 16.2. The van der Waals surface area contributed by atoms with Crippen molar-refractivity contribution >= 4 is 5.91 Å². The van der Waals surface area contributed by atoms with Crippen LogP contribution >= 0.6 is 0 Å². The highest BCUT2D eigenvalue weighted by Crippen LogP contribution is 2.29. The molecule has 1 N–H and O–H groups in total. The molecule has 3 nitrogen and oxygen atoms in total. The lowest BCUT2D eigenvalue weighted by molar-refractivity contribution is -0.129. The normalized spacial score (nSPS) is 36.4. The van der Waals surface area contributed by atoms with Crippen LogP contribution in [-0.4, -0.2) is 30.1 Å². The number of rotatable bonds is 1. The van der Waals surface area contributed by atoms with Crippen LogP contribution in [0.3, 0.4) is 0 Å². The van der Waals surface area contributed by atoms with Gasteiger partial charge >= 0.3 is 0 Å². The van der Waals surface area contributed by atoms with Gasteiger partial charge in [0.1, 0.15) is 0 Å². The fourth-order valence-electron chi connectivity index (χ4n) is 2.36. The average Bonchev–Trinajstić information content (AvgIpc) is 2.59. The summed E-state index contributed by atoms with van der Waals surface area (Å²) in [6, 6.07) is 0.521. The fraction of sp³-hybridized carbons (Fsp3) is 0.889.